The topological polar surface area (TPSA) is 41.3 Å². The van der Waals surface area contributed by atoms with E-state index < -0.39 is 0 Å². The number of aliphatic hydroxyl groups excluding tert-OH is 1. The van der Waals surface area contributed by atoms with Gasteiger partial charge in [-0.15, -0.1) is 0 Å². The van der Waals surface area contributed by atoms with Gasteiger partial charge < -0.3 is 10.0 Å². The Balaban J connectivity index is 1.33. The molecule has 2 aliphatic rings. The van der Waals surface area contributed by atoms with E-state index in [4.69, 9.17) is 0 Å². The van der Waals surface area contributed by atoms with Crippen molar-refractivity contribution in [2.75, 3.05) is 19.6 Å². The maximum Gasteiger partial charge on any atom is 0.0540 e. The fraction of sp³-hybridized carbons (Fsp3) is 0.824. The molecule has 1 saturated carbocycles. The van der Waals surface area contributed by atoms with Gasteiger partial charge in [-0.2, -0.15) is 5.10 Å². The van der Waals surface area contributed by atoms with Crippen molar-refractivity contribution in [2.45, 2.75) is 57.6 Å². The van der Waals surface area contributed by atoms with Crippen LogP contribution in [0.3, 0.4) is 0 Å². The molecule has 1 aliphatic heterocycles. The highest BCUT2D eigenvalue weighted by Crippen LogP contribution is 2.27. The molecular formula is C17H29N3O. The highest BCUT2D eigenvalue weighted by atomic mass is 16.3. The van der Waals surface area contributed by atoms with Gasteiger partial charge in [-0.05, 0) is 75.9 Å². The molecule has 118 valence electrons. The van der Waals surface area contributed by atoms with E-state index in [1.54, 1.807) is 0 Å². The summed E-state index contributed by atoms with van der Waals surface area (Å²) in [6.45, 7) is 4.86. The number of hydrogen-bond donors (Lipinski definition) is 1. The third kappa shape index (κ3) is 4.55. The first-order chi connectivity index (χ1) is 10.3. The Labute approximate surface area is 128 Å². The fourth-order valence-electron chi connectivity index (χ4n) is 3.90. The average molecular weight is 291 g/mol. The molecule has 0 spiro atoms. The summed E-state index contributed by atoms with van der Waals surface area (Å²) in [5.74, 6) is 1.70. The van der Waals surface area contributed by atoms with Gasteiger partial charge in [0.2, 0.25) is 0 Å². The Morgan fingerprint density at radius 2 is 1.76 bits per heavy atom. The number of aryl methyl sites for hydroxylation is 1. The number of nitrogens with zero attached hydrogens (tertiary/aromatic N) is 3. The molecule has 1 aliphatic carbocycles. The van der Waals surface area contributed by atoms with E-state index >= 15 is 0 Å². The van der Waals surface area contributed by atoms with Gasteiger partial charge in [0.1, 0.15) is 0 Å². The second kappa shape index (κ2) is 7.41. The number of hydrogen-bond acceptors (Lipinski definition) is 3. The predicted molar refractivity (Wildman–Crippen MR) is 84.0 cm³/mol. The summed E-state index contributed by atoms with van der Waals surface area (Å²) in [5.41, 5.74) is 0. The van der Waals surface area contributed by atoms with Gasteiger partial charge in [-0.3, -0.25) is 4.68 Å². The molecule has 0 atom stereocenters. The fourth-order valence-corrected chi connectivity index (χ4v) is 3.90. The Kier molecular flexibility index (Phi) is 5.31. The Morgan fingerprint density at radius 3 is 2.43 bits per heavy atom. The molecule has 0 aromatic carbocycles. The number of rotatable bonds is 5. The van der Waals surface area contributed by atoms with Crippen LogP contribution >= 0.6 is 0 Å². The molecule has 1 saturated heterocycles. The van der Waals surface area contributed by atoms with E-state index in [2.05, 4.69) is 20.9 Å². The van der Waals surface area contributed by atoms with E-state index in [-0.39, 0.29) is 6.10 Å². The smallest absolute Gasteiger partial charge is 0.0540 e. The number of aliphatic hydroxyl groups is 1. The lowest BCUT2D eigenvalue weighted by molar-refractivity contribution is 0.0838. The average Bonchev–Trinajstić information content (AvgIpc) is 3.02. The van der Waals surface area contributed by atoms with Crippen LogP contribution in [-0.4, -0.2) is 45.5 Å². The zero-order chi connectivity index (χ0) is 14.5. The second-order valence-corrected chi connectivity index (χ2v) is 6.98. The van der Waals surface area contributed by atoms with Crippen LogP contribution in [0.1, 0.15) is 44.9 Å². The van der Waals surface area contributed by atoms with E-state index in [1.807, 2.05) is 12.3 Å². The zero-order valence-corrected chi connectivity index (χ0v) is 13.0. The molecule has 4 heteroatoms. The van der Waals surface area contributed by atoms with E-state index in [1.165, 1.54) is 51.7 Å². The van der Waals surface area contributed by atoms with Crippen LogP contribution in [0.4, 0.5) is 0 Å². The van der Waals surface area contributed by atoms with Crippen molar-refractivity contribution in [1.82, 2.24) is 14.7 Å². The van der Waals surface area contributed by atoms with Crippen LogP contribution in [-0.2, 0) is 6.54 Å². The van der Waals surface area contributed by atoms with Gasteiger partial charge in [0.15, 0.2) is 0 Å². The minimum atomic E-state index is -0.0192. The van der Waals surface area contributed by atoms with E-state index in [9.17, 15) is 5.11 Å². The van der Waals surface area contributed by atoms with Crippen LogP contribution in [0.2, 0.25) is 0 Å². The largest absolute Gasteiger partial charge is 0.393 e. The SMILES string of the molecule is OC1CCC(CN2CCC(CCn3cccn3)CC2)CC1. The van der Waals surface area contributed by atoms with Crippen LogP contribution < -0.4 is 0 Å². The lowest BCUT2D eigenvalue weighted by Crippen LogP contribution is -2.38. The van der Waals surface area contributed by atoms with E-state index in [0.29, 0.717) is 0 Å². The monoisotopic (exact) mass is 291 g/mol. The summed E-state index contributed by atoms with van der Waals surface area (Å²) >= 11 is 0. The number of aromatic nitrogens is 2. The normalized spacial score (nSPS) is 28.8. The molecule has 0 amide bonds. The van der Waals surface area contributed by atoms with Gasteiger partial charge in [0.25, 0.3) is 0 Å². The third-order valence-corrected chi connectivity index (χ3v) is 5.37. The first-order valence-corrected chi connectivity index (χ1v) is 8.67. The molecule has 1 aromatic rings. The van der Waals surface area contributed by atoms with Crippen molar-refractivity contribution < 1.29 is 5.11 Å². The third-order valence-electron chi connectivity index (χ3n) is 5.37. The molecule has 0 radical (unpaired) electrons. The summed E-state index contributed by atoms with van der Waals surface area (Å²) in [6, 6.07) is 2.00. The molecule has 1 N–H and O–H groups in total. The van der Waals surface area contributed by atoms with Crippen LogP contribution in [0.15, 0.2) is 18.5 Å². The summed E-state index contributed by atoms with van der Waals surface area (Å²) in [6.07, 6.45) is 12.3. The quantitative estimate of drug-likeness (QED) is 0.906. The lowest BCUT2D eigenvalue weighted by Gasteiger charge is -2.36. The van der Waals surface area contributed by atoms with Gasteiger partial charge in [0.05, 0.1) is 6.10 Å². The molecule has 2 fully saturated rings. The minimum absolute atomic E-state index is 0.0192. The lowest BCUT2D eigenvalue weighted by atomic mass is 9.86. The van der Waals surface area contributed by atoms with Gasteiger partial charge >= 0.3 is 0 Å². The first kappa shape index (κ1) is 15.0. The summed E-state index contributed by atoms with van der Waals surface area (Å²) < 4.78 is 2.06. The Morgan fingerprint density at radius 1 is 1.00 bits per heavy atom. The van der Waals surface area contributed by atoms with Crippen molar-refractivity contribution in [1.29, 1.82) is 0 Å². The number of likely N-dealkylation sites (tertiary alicyclic amines) is 1. The zero-order valence-electron chi connectivity index (χ0n) is 13.0. The van der Waals surface area contributed by atoms with Crippen molar-refractivity contribution >= 4 is 0 Å². The maximum atomic E-state index is 9.58. The van der Waals surface area contributed by atoms with Crippen LogP contribution in [0.25, 0.3) is 0 Å². The molecule has 4 nitrogen and oxygen atoms in total. The Hall–Kier alpha value is -0.870. The van der Waals surface area contributed by atoms with E-state index in [0.717, 1.165) is 31.2 Å². The highest BCUT2D eigenvalue weighted by molar-refractivity contribution is 4.80. The molecule has 2 heterocycles. The van der Waals surface area contributed by atoms with Crippen molar-refractivity contribution in [3.63, 3.8) is 0 Å². The molecule has 0 unspecified atom stereocenters. The molecule has 0 bridgehead atoms. The van der Waals surface area contributed by atoms with Crippen molar-refractivity contribution in [3.05, 3.63) is 18.5 Å². The van der Waals surface area contributed by atoms with Gasteiger partial charge in [-0.1, -0.05) is 0 Å². The minimum Gasteiger partial charge on any atom is -0.393 e. The summed E-state index contributed by atoms with van der Waals surface area (Å²) in [7, 11) is 0. The number of piperidine rings is 1. The van der Waals surface area contributed by atoms with Crippen molar-refractivity contribution in [2.24, 2.45) is 11.8 Å². The predicted octanol–water partition coefficient (Wildman–Crippen LogP) is 2.54. The standard InChI is InChI=1S/C17H29N3O/c21-17-4-2-16(3-5-17)14-19-11-6-15(7-12-19)8-13-20-10-1-9-18-20/h1,9-10,15-17,21H,2-8,11-14H2. The molecule has 21 heavy (non-hydrogen) atoms. The summed E-state index contributed by atoms with van der Waals surface area (Å²) in [4.78, 5) is 2.66. The van der Waals surface area contributed by atoms with Crippen LogP contribution in [0, 0.1) is 11.8 Å². The highest BCUT2D eigenvalue weighted by Gasteiger charge is 2.24. The Bertz CT molecular complexity index is 390. The van der Waals surface area contributed by atoms with Crippen molar-refractivity contribution in [3.8, 4) is 0 Å². The molecule has 1 aromatic heterocycles. The molecule has 3 rings (SSSR count). The van der Waals surface area contributed by atoms with Crippen LogP contribution in [0.5, 0.6) is 0 Å². The second-order valence-electron chi connectivity index (χ2n) is 6.98. The van der Waals surface area contributed by atoms with Gasteiger partial charge in [0, 0.05) is 25.5 Å². The first-order valence-electron chi connectivity index (χ1n) is 8.67. The molecular weight excluding hydrogens is 262 g/mol. The van der Waals surface area contributed by atoms with Gasteiger partial charge in [-0.25, -0.2) is 0 Å². The summed E-state index contributed by atoms with van der Waals surface area (Å²) in [5, 5.41) is 13.9. The maximum absolute atomic E-state index is 9.58.